The summed E-state index contributed by atoms with van der Waals surface area (Å²) in [5, 5.41) is 0.242. The number of fused-ring (bicyclic) bond motifs is 1. The van der Waals surface area contributed by atoms with Crippen molar-refractivity contribution in [3.05, 3.63) is 54.1 Å². The van der Waals surface area contributed by atoms with E-state index in [1.54, 1.807) is 12.1 Å². The molecule has 0 radical (unpaired) electrons. The third-order valence-electron chi connectivity index (χ3n) is 4.91. The zero-order chi connectivity index (χ0) is 22.6. The highest BCUT2D eigenvalue weighted by Gasteiger charge is 2.27. The maximum Gasteiger partial charge on any atom is 0.244 e. The van der Waals surface area contributed by atoms with Crippen LogP contribution in [0.2, 0.25) is 0 Å². The molecule has 0 aliphatic rings. The number of rotatable bonds is 9. The quantitative estimate of drug-likeness (QED) is 0.410. The summed E-state index contributed by atoms with van der Waals surface area (Å²) in [7, 11) is -3.99. The third-order valence-corrected chi connectivity index (χ3v) is 7.57. The minimum absolute atomic E-state index is 0. The van der Waals surface area contributed by atoms with Gasteiger partial charge in [-0.25, -0.2) is 22.2 Å². The number of likely N-dealkylation sites (N-methyl/N-ethyl adjacent to an activating group) is 1. The van der Waals surface area contributed by atoms with Gasteiger partial charge in [0.15, 0.2) is 15.0 Å². The summed E-state index contributed by atoms with van der Waals surface area (Å²) in [5.74, 6) is -2.54. The van der Waals surface area contributed by atoms with Crippen LogP contribution >= 0.6 is 23.7 Å². The molecule has 0 saturated heterocycles. The Balaban J connectivity index is 0.00000363. The van der Waals surface area contributed by atoms with Crippen LogP contribution in [0.15, 0.2) is 47.4 Å². The molecule has 0 saturated carbocycles. The Morgan fingerprint density at radius 3 is 2.28 bits per heavy atom. The lowest BCUT2D eigenvalue weighted by molar-refractivity contribution is -0.116. The van der Waals surface area contributed by atoms with E-state index in [1.807, 2.05) is 13.8 Å². The lowest BCUT2D eigenvalue weighted by atomic mass is 10.3. The van der Waals surface area contributed by atoms with E-state index in [2.05, 4.69) is 9.88 Å². The van der Waals surface area contributed by atoms with Gasteiger partial charge in [0.1, 0.15) is 22.9 Å². The molecule has 11 heteroatoms. The van der Waals surface area contributed by atoms with Gasteiger partial charge in [-0.1, -0.05) is 31.3 Å². The van der Waals surface area contributed by atoms with Gasteiger partial charge in [-0.3, -0.25) is 9.69 Å². The van der Waals surface area contributed by atoms with Crippen LogP contribution in [0, 0.1) is 11.6 Å². The van der Waals surface area contributed by atoms with Crippen molar-refractivity contribution in [2.24, 2.45) is 0 Å². The van der Waals surface area contributed by atoms with E-state index in [9.17, 15) is 22.0 Å². The smallest absolute Gasteiger partial charge is 0.244 e. The van der Waals surface area contributed by atoms with E-state index < -0.39 is 33.1 Å². The molecule has 0 fully saturated rings. The summed E-state index contributed by atoms with van der Waals surface area (Å²) >= 11 is 1.13. The summed E-state index contributed by atoms with van der Waals surface area (Å²) < 4.78 is 53.3. The molecule has 1 heterocycles. The number of aromatic nitrogens is 1. The third kappa shape index (κ3) is 6.00. The van der Waals surface area contributed by atoms with Crippen LogP contribution in [0.3, 0.4) is 0 Å². The lowest BCUT2D eigenvalue weighted by Gasteiger charge is -2.24. The number of carbonyl (C=O) groups excluding carboxylic acids is 1. The van der Waals surface area contributed by atoms with Crippen molar-refractivity contribution in [2.45, 2.75) is 18.7 Å². The van der Waals surface area contributed by atoms with Crippen molar-refractivity contribution in [1.29, 1.82) is 0 Å². The van der Waals surface area contributed by atoms with E-state index >= 15 is 0 Å². The van der Waals surface area contributed by atoms with E-state index in [0.29, 0.717) is 11.2 Å². The van der Waals surface area contributed by atoms with Crippen molar-refractivity contribution in [3.8, 4) is 0 Å². The van der Waals surface area contributed by atoms with E-state index in [4.69, 9.17) is 0 Å². The second kappa shape index (κ2) is 11.1. The first-order valence-electron chi connectivity index (χ1n) is 9.81. The van der Waals surface area contributed by atoms with Crippen LogP contribution in [0.25, 0.3) is 10.2 Å². The number of amides is 1. The molecule has 0 spiro atoms. The van der Waals surface area contributed by atoms with Crippen molar-refractivity contribution in [2.75, 3.05) is 36.8 Å². The number of sulfone groups is 1. The summed E-state index contributed by atoms with van der Waals surface area (Å²) in [5.41, 5.74) is 0.143. The molecule has 2 aromatic carbocycles. The predicted molar refractivity (Wildman–Crippen MR) is 125 cm³/mol. The second-order valence-electron chi connectivity index (χ2n) is 6.87. The molecule has 6 nitrogen and oxygen atoms in total. The minimum Gasteiger partial charge on any atom is -0.302 e. The maximum atomic E-state index is 14.1. The Morgan fingerprint density at radius 1 is 1.03 bits per heavy atom. The van der Waals surface area contributed by atoms with Gasteiger partial charge in [0.05, 0.1) is 9.60 Å². The van der Waals surface area contributed by atoms with Crippen molar-refractivity contribution in [3.63, 3.8) is 0 Å². The highest BCUT2D eigenvalue weighted by atomic mass is 35.5. The SMILES string of the molecule is CCN(CC)CCN(C(=O)CS(=O)(=O)c1ccc(F)cc1)c1nc2c(F)cccc2s1.Cl. The van der Waals surface area contributed by atoms with Gasteiger partial charge < -0.3 is 4.90 Å². The van der Waals surface area contributed by atoms with Crippen molar-refractivity contribution >= 4 is 54.8 Å². The van der Waals surface area contributed by atoms with Gasteiger partial charge in [0, 0.05) is 13.1 Å². The van der Waals surface area contributed by atoms with Crippen LogP contribution in [0.4, 0.5) is 13.9 Å². The van der Waals surface area contributed by atoms with Gasteiger partial charge in [-0.05, 0) is 49.5 Å². The first-order chi connectivity index (χ1) is 14.7. The molecule has 0 atom stereocenters. The summed E-state index contributed by atoms with van der Waals surface area (Å²) in [6, 6.07) is 8.86. The topological polar surface area (TPSA) is 70.6 Å². The number of hydrogen-bond acceptors (Lipinski definition) is 6. The fraction of sp³-hybridized carbons (Fsp3) is 0.333. The first kappa shape index (κ1) is 26.1. The average molecular weight is 504 g/mol. The van der Waals surface area contributed by atoms with Crippen LogP contribution in [-0.4, -0.2) is 56.1 Å². The molecule has 0 N–H and O–H groups in total. The fourth-order valence-electron chi connectivity index (χ4n) is 3.09. The second-order valence-corrected chi connectivity index (χ2v) is 9.87. The normalized spacial score (nSPS) is 11.5. The number of para-hydroxylation sites is 1. The summed E-state index contributed by atoms with van der Waals surface area (Å²) in [6.45, 7) is 6.22. The Labute approximate surface area is 196 Å². The molecule has 1 aromatic heterocycles. The first-order valence-corrected chi connectivity index (χ1v) is 12.3. The zero-order valence-electron chi connectivity index (χ0n) is 17.6. The van der Waals surface area contributed by atoms with E-state index in [0.717, 1.165) is 48.7 Å². The monoisotopic (exact) mass is 503 g/mol. The molecule has 174 valence electrons. The largest absolute Gasteiger partial charge is 0.302 e. The Bertz CT molecular complexity index is 1170. The highest BCUT2D eigenvalue weighted by Crippen LogP contribution is 2.30. The number of benzene rings is 2. The number of carbonyl (C=O) groups is 1. The molecule has 0 unspecified atom stereocenters. The van der Waals surface area contributed by atoms with Crippen molar-refractivity contribution < 1.29 is 22.0 Å². The fourth-order valence-corrected chi connectivity index (χ4v) is 5.31. The van der Waals surface area contributed by atoms with Crippen LogP contribution in [0.1, 0.15) is 13.8 Å². The molecule has 1 amide bonds. The summed E-state index contributed by atoms with van der Waals surface area (Å²) in [6.07, 6.45) is 0. The number of nitrogens with zero attached hydrogens (tertiary/aromatic N) is 3. The average Bonchev–Trinajstić information content (AvgIpc) is 3.16. The molecule has 0 aliphatic heterocycles. The van der Waals surface area contributed by atoms with Crippen LogP contribution in [0.5, 0.6) is 0 Å². The number of hydrogen-bond donors (Lipinski definition) is 0. The predicted octanol–water partition coefficient (Wildman–Crippen LogP) is 4.15. The minimum atomic E-state index is -3.99. The standard InChI is InChI=1S/C21H23F2N3O3S2.ClH/c1-3-25(4-2)12-13-26(21-24-20-17(23)6-5-7-18(20)30-21)19(27)14-31(28,29)16-10-8-15(22)9-11-16;/h5-11H,3-4,12-14H2,1-2H3;1H. The maximum absolute atomic E-state index is 14.1. The van der Waals surface area contributed by atoms with Gasteiger partial charge in [-0.15, -0.1) is 12.4 Å². The highest BCUT2D eigenvalue weighted by molar-refractivity contribution is 7.92. The molecule has 0 bridgehead atoms. The Hall–Kier alpha value is -2.14. The Kier molecular flexibility index (Phi) is 9.08. The van der Waals surface area contributed by atoms with Gasteiger partial charge >= 0.3 is 0 Å². The lowest BCUT2D eigenvalue weighted by Crippen LogP contribution is -2.41. The molecular weight excluding hydrogens is 480 g/mol. The Morgan fingerprint density at radius 2 is 1.69 bits per heavy atom. The van der Waals surface area contributed by atoms with Crippen LogP contribution < -0.4 is 4.90 Å². The van der Waals surface area contributed by atoms with E-state index in [-0.39, 0.29) is 34.5 Å². The molecule has 3 rings (SSSR count). The van der Waals surface area contributed by atoms with E-state index in [1.165, 1.54) is 11.0 Å². The van der Waals surface area contributed by atoms with Gasteiger partial charge in [-0.2, -0.15) is 0 Å². The molecule has 0 aliphatic carbocycles. The summed E-state index contributed by atoms with van der Waals surface area (Å²) in [4.78, 5) is 20.6. The zero-order valence-corrected chi connectivity index (χ0v) is 20.1. The van der Waals surface area contributed by atoms with Gasteiger partial charge in [0.2, 0.25) is 5.91 Å². The van der Waals surface area contributed by atoms with Crippen LogP contribution in [-0.2, 0) is 14.6 Å². The molecule has 32 heavy (non-hydrogen) atoms. The van der Waals surface area contributed by atoms with Crippen molar-refractivity contribution in [1.82, 2.24) is 9.88 Å². The molecule has 3 aromatic rings. The number of halogens is 3. The number of anilines is 1. The van der Waals surface area contributed by atoms with Gasteiger partial charge in [0.25, 0.3) is 0 Å². The number of thiazole rings is 1. The molecular formula is C21H24ClF2N3O3S2.